The minimum atomic E-state index is -0.315. The summed E-state index contributed by atoms with van der Waals surface area (Å²) in [5, 5.41) is 0.294. The van der Waals surface area contributed by atoms with E-state index in [2.05, 4.69) is 4.74 Å². The molecule has 0 spiro atoms. The van der Waals surface area contributed by atoms with Gasteiger partial charge in [-0.3, -0.25) is 9.59 Å². The summed E-state index contributed by atoms with van der Waals surface area (Å²) in [7, 11) is 1.33. The summed E-state index contributed by atoms with van der Waals surface area (Å²) in [6, 6.07) is 6.85. The standard InChI is InChI=1S/C12H13ClO3S/c1-8(11(14)16-2)7-17-12(15)9-5-3-4-6-10(9)13/h3-6,8H,7H2,1-2H3/t8-/m1/s1. The van der Waals surface area contributed by atoms with Crippen LogP contribution in [0, 0.1) is 5.92 Å². The molecule has 0 radical (unpaired) electrons. The van der Waals surface area contributed by atoms with Crippen molar-refractivity contribution in [1.82, 2.24) is 0 Å². The van der Waals surface area contributed by atoms with Crippen LogP contribution in [0.5, 0.6) is 0 Å². The normalized spacial score (nSPS) is 11.9. The summed E-state index contributed by atoms with van der Waals surface area (Å²) in [5.74, 6) is -0.239. The van der Waals surface area contributed by atoms with E-state index in [0.717, 1.165) is 11.8 Å². The Morgan fingerprint density at radius 3 is 2.65 bits per heavy atom. The molecule has 0 saturated heterocycles. The van der Waals surface area contributed by atoms with Crippen molar-refractivity contribution in [2.75, 3.05) is 12.9 Å². The number of carbonyl (C=O) groups excluding carboxylic acids is 2. The molecule has 0 fully saturated rings. The molecule has 1 aromatic carbocycles. The summed E-state index contributed by atoms with van der Waals surface area (Å²) in [5.41, 5.74) is 0.469. The van der Waals surface area contributed by atoms with Gasteiger partial charge in [0.05, 0.1) is 18.1 Å². The van der Waals surface area contributed by atoms with Crippen molar-refractivity contribution in [3.05, 3.63) is 34.9 Å². The number of hydrogen-bond acceptors (Lipinski definition) is 4. The highest BCUT2D eigenvalue weighted by molar-refractivity contribution is 8.14. The second-order valence-electron chi connectivity index (χ2n) is 3.50. The van der Waals surface area contributed by atoms with Crippen LogP contribution in [0.25, 0.3) is 0 Å². The molecule has 0 aliphatic carbocycles. The summed E-state index contributed by atoms with van der Waals surface area (Å²) in [6.07, 6.45) is 0. The van der Waals surface area contributed by atoms with Crippen molar-refractivity contribution in [2.45, 2.75) is 6.92 Å². The van der Waals surface area contributed by atoms with Gasteiger partial charge in [-0.1, -0.05) is 42.4 Å². The molecular formula is C12H13ClO3S. The first-order valence-electron chi connectivity index (χ1n) is 5.05. The van der Waals surface area contributed by atoms with Crippen LogP contribution in [0.2, 0.25) is 5.02 Å². The molecule has 17 heavy (non-hydrogen) atoms. The van der Waals surface area contributed by atoms with Gasteiger partial charge in [-0.2, -0.15) is 0 Å². The smallest absolute Gasteiger partial charge is 0.309 e. The number of hydrogen-bond donors (Lipinski definition) is 0. The highest BCUT2D eigenvalue weighted by Crippen LogP contribution is 2.22. The average molecular weight is 273 g/mol. The predicted molar refractivity (Wildman–Crippen MR) is 69.4 cm³/mol. The fourth-order valence-electron chi connectivity index (χ4n) is 1.17. The number of thioether (sulfide) groups is 1. The Morgan fingerprint density at radius 2 is 2.06 bits per heavy atom. The number of benzene rings is 1. The molecule has 3 nitrogen and oxygen atoms in total. The largest absolute Gasteiger partial charge is 0.469 e. The minimum absolute atomic E-state index is 0.133. The first-order valence-corrected chi connectivity index (χ1v) is 6.42. The number of halogens is 1. The molecule has 0 aromatic heterocycles. The maximum atomic E-state index is 11.8. The second-order valence-corrected chi connectivity index (χ2v) is 4.90. The predicted octanol–water partition coefficient (Wildman–Crippen LogP) is 3.02. The minimum Gasteiger partial charge on any atom is -0.469 e. The zero-order valence-corrected chi connectivity index (χ0v) is 11.2. The molecule has 5 heteroatoms. The molecule has 1 atom stereocenters. The topological polar surface area (TPSA) is 43.4 Å². The van der Waals surface area contributed by atoms with Gasteiger partial charge in [0.25, 0.3) is 0 Å². The van der Waals surface area contributed by atoms with Crippen molar-refractivity contribution >= 4 is 34.4 Å². The van der Waals surface area contributed by atoms with Gasteiger partial charge in [-0.25, -0.2) is 0 Å². The van der Waals surface area contributed by atoms with E-state index < -0.39 is 0 Å². The van der Waals surface area contributed by atoms with Gasteiger partial charge in [0, 0.05) is 11.3 Å². The van der Waals surface area contributed by atoms with Gasteiger partial charge in [0.1, 0.15) is 0 Å². The zero-order valence-electron chi connectivity index (χ0n) is 9.60. The van der Waals surface area contributed by atoms with E-state index >= 15 is 0 Å². The van der Waals surface area contributed by atoms with E-state index in [1.54, 1.807) is 31.2 Å². The van der Waals surface area contributed by atoms with Gasteiger partial charge < -0.3 is 4.74 Å². The van der Waals surface area contributed by atoms with Crippen LogP contribution in [-0.2, 0) is 9.53 Å². The maximum absolute atomic E-state index is 11.8. The average Bonchev–Trinajstić information content (AvgIpc) is 2.35. The molecule has 0 N–H and O–H groups in total. The summed E-state index contributed by atoms with van der Waals surface area (Å²) in [6.45, 7) is 1.72. The van der Waals surface area contributed by atoms with Crippen LogP contribution in [0.4, 0.5) is 0 Å². The van der Waals surface area contributed by atoms with Crippen molar-refractivity contribution in [3.8, 4) is 0 Å². The molecule has 1 rings (SSSR count). The van der Waals surface area contributed by atoms with Gasteiger partial charge in [0.15, 0.2) is 0 Å². The summed E-state index contributed by atoms with van der Waals surface area (Å²) < 4.78 is 4.58. The Kier molecular flexibility index (Phi) is 5.51. The first kappa shape index (κ1) is 14.1. The molecule has 0 amide bonds. The third-order valence-electron chi connectivity index (χ3n) is 2.16. The van der Waals surface area contributed by atoms with E-state index in [-0.39, 0.29) is 17.0 Å². The summed E-state index contributed by atoms with van der Waals surface area (Å²) >= 11 is 6.97. The van der Waals surface area contributed by atoms with Crippen LogP contribution in [0.1, 0.15) is 17.3 Å². The lowest BCUT2D eigenvalue weighted by Gasteiger charge is -2.08. The first-order chi connectivity index (χ1) is 8.06. The fraction of sp³-hybridized carbons (Fsp3) is 0.333. The molecule has 92 valence electrons. The van der Waals surface area contributed by atoms with Crippen LogP contribution in [-0.4, -0.2) is 23.9 Å². The quantitative estimate of drug-likeness (QED) is 0.790. The van der Waals surface area contributed by atoms with Crippen LogP contribution in [0.3, 0.4) is 0 Å². The Labute approximate surface area is 109 Å². The fourth-order valence-corrected chi connectivity index (χ4v) is 2.32. The van der Waals surface area contributed by atoms with E-state index in [9.17, 15) is 9.59 Å². The second kappa shape index (κ2) is 6.67. The molecule has 0 heterocycles. The van der Waals surface area contributed by atoms with E-state index in [1.165, 1.54) is 7.11 Å². The van der Waals surface area contributed by atoms with E-state index in [4.69, 9.17) is 11.6 Å². The highest BCUT2D eigenvalue weighted by atomic mass is 35.5. The maximum Gasteiger partial charge on any atom is 0.309 e. The Bertz CT molecular complexity index is 420. The Hall–Kier alpha value is -1.00. The van der Waals surface area contributed by atoms with Gasteiger partial charge in [-0.15, -0.1) is 0 Å². The number of carbonyl (C=O) groups is 2. The van der Waals surface area contributed by atoms with Crippen molar-refractivity contribution in [1.29, 1.82) is 0 Å². The Morgan fingerprint density at radius 1 is 1.41 bits per heavy atom. The third kappa shape index (κ3) is 4.06. The SMILES string of the molecule is COC(=O)[C@H](C)CSC(=O)c1ccccc1Cl. The lowest BCUT2D eigenvalue weighted by Crippen LogP contribution is -2.15. The molecule has 0 saturated carbocycles. The molecule has 1 aromatic rings. The lowest BCUT2D eigenvalue weighted by atomic mass is 10.2. The van der Waals surface area contributed by atoms with Crippen molar-refractivity contribution in [3.63, 3.8) is 0 Å². The number of ether oxygens (including phenoxy) is 1. The van der Waals surface area contributed by atoms with Crippen LogP contribution < -0.4 is 0 Å². The number of methoxy groups -OCH3 is 1. The van der Waals surface area contributed by atoms with E-state index in [0.29, 0.717) is 16.3 Å². The van der Waals surface area contributed by atoms with E-state index in [1.807, 2.05) is 0 Å². The van der Waals surface area contributed by atoms with Crippen LogP contribution in [0.15, 0.2) is 24.3 Å². The van der Waals surface area contributed by atoms with Gasteiger partial charge >= 0.3 is 5.97 Å². The molecule has 0 unspecified atom stereocenters. The van der Waals surface area contributed by atoms with Crippen molar-refractivity contribution in [2.24, 2.45) is 5.92 Å². The summed E-state index contributed by atoms with van der Waals surface area (Å²) in [4.78, 5) is 23.0. The zero-order chi connectivity index (χ0) is 12.8. The number of rotatable bonds is 4. The van der Waals surface area contributed by atoms with Gasteiger partial charge in [-0.05, 0) is 12.1 Å². The molecule has 0 bridgehead atoms. The van der Waals surface area contributed by atoms with Gasteiger partial charge in [0.2, 0.25) is 5.12 Å². The lowest BCUT2D eigenvalue weighted by molar-refractivity contribution is -0.143. The highest BCUT2D eigenvalue weighted by Gasteiger charge is 2.17. The monoisotopic (exact) mass is 272 g/mol. The van der Waals surface area contributed by atoms with Crippen molar-refractivity contribution < 1.29 is 14.3 Å². The Balaban J connectivity index is 2.57. The third-order valence-corrected chi connectivity index (χ3v) is 3.64. The van der Waals surface area contributed by atoms with Crippen LogP contribution >= 0.6 is 23.4 Å². The molecule has 0 aliphatic heterocycles. The molecule has 0 aliphatic rings. The number of esters is 1. The molecular weight excluding hydrogens is 260 g/mol.